The van der Waals surface area contributed by atoms with Crippen molar-refractivity contribution in [3.63, 3.8) is 0 Å². The van der Waals surface area contributed by atoms with Gasteiger partial charge in [-0.3, -0.25) is 4.79 Å². The van der Waals surface area contributed by atoms with Crippen molar-refractivity contribution in [3.8, 4) is 17.6 Å². The number of likely N-dealkylation sites (N-methyl/N-ethyl adjacent to an activating group) is 1. The van der Waals surface area contributed by atoms with Crippen molar-refractivity contribution in [2.24, 2.45) is 0 Å². The van der Waals surface area contributed by atoms with Crippen molar-refractivity contribution in [2.45, 2.75) is 6.92 Å². The molecule has 1 aromatic rings. The van der Waals surface area contributed by atoms with Crippen LogP contribution in [0.3, 0.4) is 0 Å². The summed E-state index contributed by atoms with van der Waals surface area (Å²) in [6.07, 6.45) is 1.43. The zero-order valence-corrected chi connectivity index (χ0v) is 15.1. The molecule has 0 spiro atoms. The molecular formula is C16H17BrN2O5. The first-order chi connectivity index (χ1) is 11.3. The Bertz CT molecular complexity index is 707. The highest BCUT2D eigenvalue weighted by atomic mass is 79.9. The fourth-order valence-electron chi connectivity index (χ4n) is 1.72. The average Bonchev–Trinajstić information content (AvgIpc) is 2.52. The zero-order chi connectivity index (χ0) is 18.3. The smallest absolute Gasteiger partial charge is 0.341 e. The molecule has 1 amide bonds. The van der Waals surface area contributed by atoms with Crippen LogP contribution >= 0.6 is 15.9 Å². The number of carboxylic acid groups (broad SMARTS) is 1. The molecule has 1 rings (SSSR count). The van der Waals surface area contributed by atoms with E-state index < -0.39 is 18.5 Å². The normalized spacial score (nSPS) is 10.7. The standard InChI is InChI=1S/C16H17BrN2O5/c1-4-23-13-6-10(5-11(8-18)16(22)19(2)3)12(17)7-14(13)24-9-15(20)21/h5-7H,4,9H2,1-3H3,(H,20,21)/b11-5-. The number of aliphatic carboxylic acids is 1. The maximum atomic E-state index is 11.9. The van der Waals surface area contributed by atoms with Gasteiger partial charge in [-0.2, -0.15) is 5.26 Å². The summed E-state index contributed by atoms with van der Waals surface area (Å²) in [5.41, 5.74) is 0.496. The summed E-state index contributed by atoms with van der Waals surface area (Å²) in [6.45, 7) is 1.61. The minimum absolute atomic E-state index is 0.0395. The minimum Gasteiger partial charge on any atom is -0.490 e. The number of hydrogen-bond acceptors (Lipinski definition) is 5. The molecule has 1 N–H and O–H groups in total. The summed E-state index contributed by atoms with van der Waals surface area (Å²) in [5, 5.41) is 17.9. The average molecular weight is 397 g/mol. The van der Waals surface area contributed by atoms with Crippen LogP contribution in [0.15, 0.2) is 22.2 Å². The summed E-state index contributed by atoms with van der Waals surface area (Å²) in [4.78, 5) is 23.9. The highest BCUT2D eigenvalue weighted by Gasteiger charge is 2.15. The monoisotopic (exact) mass is 396 g/mol. The molecule has 0 fully saturated rings. The maximum absolute atomic E-state index is 11.9. The van der Waals surface area contributed by atoms with Gasteiger partial charge in [0.2, 0.25) is 0 Å². The molecular weight excluding hydrogens is 380 g/mol. The van der Waals surface area contributed by atoms with Gasteiger partial charge in [0, 0.05) is 18.6 Å². The number of carbonyl (C=O) groups is 2. The highest BCUT2D eigenvalue weighted by molar-refractivity contribution is 9.10. The van der Waals surface area contributed by atoms with Crippen molar-refractivity contribution in [1.29, 1.82) is 5.26 Å². The third-order valence-corrected chi connectivity index (χ3v) is 3.46. The number of rotatable bonds is 7. The molecule has 0 saturated heterocycles. The molecule has 0 aliphatic carbocycles. The number of benzene rings is 1. The second-order valence-electron chi connectivity index (χ2n) is 4.81. The molecule has 0 aliphatic heterocycles. The van der Waals surface area contributed by atoms with E-state index in [1.54, 1.807) is 27.1 Å². The maximum Gasteiger partial charge on any atom is 0.341 e. The number of ether oxygens (including phenoxy) is 2. The lowest BCUT2D eigenvalue weighted by atomic mass is 10.1. The Morgan fingerprint density at radius 3 is 2.46 bits per heavy atom. The van der Waals surface area contributed by atoms with Gasteiger partial charge in [-0.1, -0.05) is 15.9 Å². The SMILES string of the molecule is CCOc1cc(/C=C(/C#N)C(=O)N(C)C)c(Br)cc1OCC(=O)O. The first kappa shape index (κ1) is 19.5. The third-order valence-electron chi connectivity index (χ3n) is 2.77. The van der Waals surface area contributed by atoms with Crippen molar-refractivity contribution >= 4 is 33.9 Å². The van der Waals surface area contributed by atoms with Crippen LogP contribution in [0.1, 0.15) is 12.5 Å². The van der Waals surface area contributed by atoms with E-state index >= 15 is 0 Å². The van der Waals surface area contributed by atoms with Gasteiger partial charge < -0.3 is 19.5 Å². The van der Waals surface area contributed by atoms with Crippen LogP contribution in [0, 0.1) is 11.3 Å². The van der Waals surface area contributed by atoms with Gasteiger partial charge in [0.1, 0.15) is 11.6 Å². The molecule has 0 radical (unpaired) electrons. The summed E-state index contributed by atoms with van der Waals surface area (Å²) in [6, 6.07) is 4.98. The quantitative estimate of drug-likeness (QED) is 0.560. The number of hydrogen-bond donors (Lipinski definition) is 1. The first-order valence-electron chi connectivity index (χ1n) is 6.94. The molecule has 0 heterocycles. The van der Waals surface area contributed by atoms with Gasteiger partial charge in [0.05, 0.1) is 6.61 Å². The summed E-state index contributed by atoms with van der Waals surface area (Å²) in [5.74, 6) is -0.960. The fraction of sp³-hybridized carbons (Fsp3) is 0.312. The van der Waals surface area contributed by atoms with E-state index in [9.17, 15) is 9.59 Å². The Kier molecular flexibility index (Phi) is 7.27. The highest BCUT2D eigenvalue weighted by Crippen LogP contribution is 2.35. The van der Waals surface area contributed by atoms with Crippen molar-refractivity contribution in [3.05, 3.63) is 27.7 Å². The number of halogens is 1. The van der Waals surface area contributed by atoms with Crippen LogP contribution < -0.4 is 9.47 Å². The predicted octanol–water partition coefficient (Wildman–Crippen LogP) is 2.31. The van der Waals surface area contributed by atoms with E-state index in [1.807, 2.05) is 6.07 Å². The van der Waals surface area contributed by atoms with E-state index in [0.29, 0.717) is 22.4 Å². The Hall–Kier alpha value is -2.53. The molecule has 0 unspecified atom stereocenters. The number of amides is 1. The largest absolute Gasteiger partial charge is 0.490 e. The molecule has 0 aromatic heterocycles. The third kappa shape index (κ3) is 5.28. The molecule has 8 heteroatoms. The van der Waals surface area contributed by atoms with E-state index in [2.05, 4.69) is 15.9 Å². The predicted molar refractivity (Wildman–Crippen MR) is 90.7 cm³/mol. The lowest BCUT2D eigenvalue weighted by Gasteiger charge is -2.13. The molecule has 24 heavy (non-hydrogen) atoms. The van der Waals surface area contributed by atoms with Crippen molar-refractivity contribution in [1.82, 2.24) is 4.90 Å². The fourth-order valence-corrected chi connectivity index (χ4v) is 2.16. The molecule has 0 aliphatic rings. The van der Waals surface area contributed by atoms with Gasteiger partial charge in [-0.15, -0.1) is 0 Å². The van der Waals surface area contributed by atoms with Crippen LogP contribution in [0.4, 0.5) is 0 Å². The van der Waals surface area contributed by atoms with Crippen LogP contribution in [-0.4, -0.2) is 49.2 Å². The summed E-state index contributed by atoms with van der Waals surface area (Å²) >= 11 is 3.32. The van der Waals surface area contributed by atoms with Crippen LogP contribution in [0.25, 0.3) is 6.08 Å². The van der Waals surface area contributed by atoms with E-state index in [4.69, 9.17) is 19.8 Å². The van der Waals surface area contributed by atoms with Crippen LogP contribution in [0.5, 0.6) is 11.5 Å². The summed E-state index contributed by atoms with van der Waals surface area (Å²) < 4.78 is 11.2. The number of carboxylic acids is 1. The lowest BCUT2D eigenvalue weighted by Crippen LogP contribution is -2.22. The second kappa shape index (κ2) is 8.93. The molecule has 0 bridgehead atoms. The van der Waals surface area contributed by atoms with Crippen molar-refractivity contribution < 1.29 is 24.2 Å². The number of carbonyl (C=O) groups excluding carboxylic acids is 1. The molecule has 1 aromatic carbocycles. The zero-order valence-electron chi connectivity index (χ0n) is 13.5. The Balaban J connectivity index is 3.30. The van der Waals surface area contributed by atoms with E-state index in [1.165, 1.54) is 17.0 Å². The Labute approximate surface area is 148 Å². The van der Waals surface area contributed by atoms with Crippen molar-refractivity contribution in [2.75, 3.05) is 27.3 Å². The number of nitrogens with zero attached hydrogens (tertiary/aromatic N) is 2. The van der Waals surface area contributed by atoms with E-state index in [-0.39, 0.29) is 11.3 Å². The van der Waals surface area contributed by atoms with Crippen LogP contribution in [0.2, 0.25) is 0 Å². The lowest BCUT2D eigenvalue weighted by molar-refractivity contribution is -0.139. The molecule has 128 valence electrons. The van der Waals surface area contributed by atoms with Gasteiger partial charge in [-0.25, -0.2) is 4.79 Å². The van der Waals surface area contributed by atoms with Gasteiger partial charge in [-0.05, 0) is 30.7 Å². The van der Waals surface area contributed by atoms with Gasteiger partial charge >= 0.3 is 5.97 Å². The first-order valence-corrected chi connectivity index (χ1v) is 7.73. The Morgan fingerprint density at radius 1 is 1.33 bits per heavy atom. The van der Waals surface area contributed by atoms with Gasteiger partial charge in [0.25, 0.3) is 5.91 Å². The number of nitriles is 1. The molecule has 7 nitrogen and oxygen atoms in total. The van der Waals surface area contributed by atoms with Gasteiger partial charge in [0.15, 0.2) is 18.1 Å². The Morgan fingerprint density at radius 2 is 1.96 bits per heavy atom. The molecule has 0 atom stereocenters. The second-order valence-corrected chi connectivity index (χ2v) is 5.66. The van der Waals surface area contributed by atoms with E-state index in [0.717, 1.165) is 0 Å². The minimum atomic E-state index is -1.11. The summed E-state index contributed by atoms with van der Waals surface area (Å²) in [7, 11) is 3.11. The molecule has 0 saturated carbocycles. The van der Waals surface area contributed by atoms with Crippen LogP contribution in [-0.2, 0) is 9.59 Å². The topological polar surface area (TPSA) is 99.9 Å².